The van der Waals surface area contributed by atoms with Gasteiger partial charge in [-0.05, 0) is 31.9 Å². The highest BCUT2D eigenvalue weighted by molar-refractivity contribution is 5.91. The normalized spacial score (nSPS) is 12.1. The molecule has 0 saturated heterocycles. The monoisotopic (exact) mass is 263 g/mol. The molecule has 0 heterocycles. The smallest absolute Gasteiger partial charge is 0.338 e. The summed E-state index contributed by atoms with van der Waals surface area (Å²) in [6, 6.07) is 7.10. The van der Waals surface area contributed by atoms with Crippen LogP contribution in [0.25, 0.3) is 0 Å². The number of ether oxygens (including phenoxy) is 1. The summed E-state index contributed by atoms with van der Waals surface area (Å²) in [6.45, 7) is 7.65. The number of carbonyl (C=O) groups is 2. The van der Waals surface area contributed by atoms with Crippen LogP contribution in [-0.2, 0) is 9.53 Å². The minimum absolute atomic E-state index is 0.0607. The molecule has 0 aliphatic rings. The third kappa shape index (κ3) is 5.12. The van der Waals surface area contributed by atoms with E-state index in [2.05, 4.69) is 5.32 Å². The van der Waals surface area contributed by atoms with Gasteiger partial charge < -0.3 is 10.1 Å². The summed E-state index contributed by atoms with van der Waals surface area (Å²) >= 11 is 0. The number of esters is 1. The summed E-state index contributed by atoms with van der Waals surface area (Å²) in [4.78, 5) is 23.2. The van der Waals surface area contributed by atoms with Crippen molar-refractivity contribution in [3.8, 4) is 0 Å². The first-order valence-electron chi connectivity index (χ1n) is 6.43. The summed E-state index contributed by atoms with van der Waals surface area (Å²) in [6.07, 6.45) is 0. The van der Waals surface area contributed by atoms with Crippen molar-refractivity contribution < 1.29 is 14.3 Å². The molecule has 0 aliphatic carbocycles. The Hall–Kier alpha value is -1.84. The van der Waals surface area contributed by atoms with E-state index in [1.165, 1.54) is 0 Å². The third-order valence-electron chi connectivity index (χ3n) is 3.01. The van der Waals surface area contributed by atoms with Gasteiger partial charge in [0.1, 0.15) is 0 Å². The van der Waals surface area contributed by atoms with E-state index in [9.17, 15) is 9.59 Å². The van der Waals surface area contributed by atoms with Gasteiger partial charge in [-0.25, -0.2) is 4.79 Å². The first-order chi connectivity index (χ1) is 8.90. The fourth-order valence-corrected chi connectivity index (χ4v) is 1.37. The second-order valence-corrected chi connectivity index (χ2v) is 5.04. The van der Waals surface area contributed by atoms with Gasteiger partial charge in [0.15, 0.2) is 6.61 Å². The lowest BCUT2D eigenvalue weighted by Gasteiger charge is -2.17. The maximum absolute atomic E-state index is 11.7. The number of carbonyl (C=O) groups excluding carboxylic acids is 2. The zero-order valence-electron chi connectivity index (χ0n) is 11.9. The van der Waals surface area contributed by atoms with Crippen molar-refractivity contribution in [2.45, 2.75) is 33.7 Å². The predicted octanol–water partition coefficient (Wildman–Crippen LogP) is 2.31. The van der Waals surface area contributed by atoms with Crippen LogP contribution in [0.3, 0.4) is 0 Å². The number of rotatable bonds is 5. The molecule has 19 heavy (non-hydrogen) atoms. The molecular formula is C15H21NO3. The zero-order valence-corrected chi connectivity index (χ0v) is 11.9. The average molecular weight is 263 g/mol. The van der Waals surface area contributed by atoms with Crippen LogP contribution in [0, 0.1) is 12.8 Å². The molecule has 1 atom stereocenters. The maximum atomic E-state index is 11.7. The van der Waals surface area contributed by atoms with Gasteiger partial charge in [0, 0.05) is 6.04 Å². The van der Waals surface area contributed by atoms with Gasteiger partial charge in [-0.3, -0.25) is 4.79 Å². The molecule has 4 nitrogen and oxygen atoms in total. The molecule has 1 amide bonds. The fourth-order valence-electron chi connectivity index (χ4n) is 1.37. The highest BCUT2D eigenvalue weighted by Crippen LogP contribution is 2.05. The molecule has 0 spiro atoms. The number of aryl methyl sites for hydroxylation is 1. The molecule has 104 valence electrons. The van der Waals surface area contributed by atoms with E-state index in [0.717, 1.165) is 5.56 Å². The zero-order chi connectivity index (χ0) is 14.4. The Morgan fingerprint density at radius 3 is 2.26 bits per heavy atom. The Morgan fingerprint density at radius 1 is 1.16 bits per heavy atom. The maximum Gasteiger partial charge on any atom is 0.338 e. The van der Waals surface area contributed by atoms with Gasteiger partial charge in [0.2, 0.25) is 0 Å². The Labute approximate surface area is 114 Å². The van der Waals surface area contributed by atoms with Crippen molar-refractivity contribution in [3.05, 3.63) is 35.4 Å². The number of nitrogens with one attached hydrogen (secondary N) is 1. The second-order valence-electron chi connectivity index (χ2n) is 5.04. The fraction of sp³-hybridized carbons (Fsp3) is 0.467. The van der Waals surface area contributed by atoms with Crippen molar-refractivity contribution in [2.24, 2.45) is 5.92 Å². The molecule has 1 aromatic rings. The van der Waals surface area contributed by atoms with Crippen LogP contribution < -0.4 is 5.32 Å². The lowest BCUT2D eigenvalue weighted by molar-refractivity contribution is -0.125. The van der Waals surface area contributed by atoms with Gasteiger partial charge >= 0.3 is 5.97 Å². The van der Waals surface area contributed by atoms with E-state index >= 15 is 0 Å². The van der Waals surface area contributed by atoms with Gasteiger partial charge in [-0.2, -0.15) is 0 Å². The Kier molecular flexibility index (Phi) is 5.55. The van der Waals surface area contributed by atoms with Crippen LogP contribution >= 0.6 is 0 Å². The highest BCUT2D eigenvalue weighted by atomic mass is 16.5. The summed E-state index contributed by atoms with van der Waals surface area (Å²) < 4.78 is 4.96. The first-order valence-corrected chi connectivity index (χ1v) is 6.43. The van der Waals surface area contributed by atoms with Crippen molar-refractivity contribution in [1.29, 1.82) is 0 Å². The van der Waals surface area contributed by atoms with E-state index in [0.29, 0.717) is 11.5 Å². The molecule has 0 fully saturated rings. The van der Waals surface area contributed by atoms with E-state index in [1.807, 2.05) is 39.8 Å². The van der Waals surface area contributed by atoms with E-state index in [1.54, 1.807) is 12.1 Å². The average Bonchev–Trinajstić information content (AvgIpc) is 2.36. The van der Waals surface area contributed by atoms with Crippen molar-refractivity contribution in [2.75, 3.05) is 6.61 Å². The standard InChI is InChI=1S/C15H21NO3/c1-10(2)12(4)16-14(17)9-19-15(18)13-7-5-11(3)6-8-13/h5-8,10,12H,9H2,1-4H3,(H,16,17). The summed E-state index contributed by atoms with van der Waals surface area (Å²) in [5.41, 5.74) is 1.52. The van der Waals surface area contributed by atoms with Crippen LogP contribution in [0.15, 0.2) is 24.3 Å². The first kappa shape index (κ1) is 15.2. The third-order valence-corrected chi connectivity index (χ3v) is 3.01. The lowest BCUT2D eigenvalue weighted by atomic mass is 10.1. The number of benzene rings is 1. The quantitative estimate of drug-likeness (QED) is 0.829. The summed E-state index contributed by atoms with van der Waals surface area (Å²) in [5, 5.41) is 2.78. The van der Waals surface area contributed by atoms with Gasteiger partial charge in [0.25, 0.3) is 5.91 Å². The highest BCUT2D eigenvalue weighted by Gasteiger charge is 2.13. The molecule has 0 radical (unpaired) electrons. The molecular weight excluding hydrogens is 242 g/mol. The van der Waals surface area contributed by atoms with E-state index < -0.39 is 5.97 Å². The van der Waals surface area contributed by atoms with Gasteiger partial charge in [-0.1, -0.05) is 31.5 Å². The SMILES string of the molecule is Cc1ccc(C(=O)OCC(=O)NC(C)C(C)C)cc1. The number of hydrogen-bond acceptors (Lipinski definition) is 3. The molecule has 4 heteroatoms. The Morgan fingerprint density at radius 2 is 1.74 bits per heavy atom. The summed E-state index contributed by atoms with van der Waals surface area (Å²) in [5.74, 6) is -0.411. The molecule has 1 rings (SSSR count). The van der Waals surface area contributed by atoms with Crippen LogP contribution in [0.4, 0.5) is 0 Å². The van der Waals surface area contributed by atoms with Crippen LogP contribution in [0.2, 0.25) is 0 Å². The largest absolute Gasteiger partial charge is 0.452 e. The number of hydrogen-bond donors (Lipinski definition) is 1. The summed E-state index contributed by atoms with van der Waals surface area (Å²) in [7, 11) is 0. The van der Waals surface area contributed by atoms with Gasteiger partial charge in [0.05, 0.1) is 5.56 Å². The van der Waals surface area contributed by atoms with Gasteiger partial charge in [-0.15, -0.1) is 0 Å². The molecule has 0 aliphatic heterocycles. The molecule has 1 aromatic carbocycles. The van der Waals surface area contributed by atoms with Crippen molar-refractivity contribution >= 4 is 11.9 Å². The Balaban J connectivity index is 2.42. The molecule has 0 saturated carbocycles. The van der Waals surface area contributed by atoms with Crippen LogP contribution in [0.5, 0.6) is 0 Å². The van der Waals surface area contributed by atoms with Crippen LogP contribution in [0.1, 0.15) is 36.7 Å². The lowest BCUT2D eigenvalue weighted by Crippen LogP contribution is -2.38. The molecule has 1 unspecified atom stereocenters. The Bertz CT molecular complexity index is 437. The molecule has 0 bridgehead atoms. The molecule has 1 N–H and O–H groups in total. The van der Waals surface area contributed by atoms with E-state index in [4.69, 9.17) is 4.74 Å². The minimum atomic E-state index is -0.479. The number of amides is 1. The van der Waals surface area contributed by atoms with E-state index in [-0.39, 0.29) is 18.6 Å². The van der Waals surface area contributed by atoms with Crippen molar-refractivity contribution in [3.63, 3.8) is 0 Å². The topological polar surface area (TPSA) is 55.4 Å². The van der Waals surface area contributed by atoms with Crippen molar-refractivity contribution in [1.82, 2.24) is 5.32 Å². The minimum Gasteiger partial charge on any atom is -0.452 e. The predicted molar refractivity (Wildman–Crippen MR) is 73.9 cm³/mol. The second kappa shape index (κ2) is 6.92. The molecule has 0 aromatic heterocycles. The van der Waals surface area contributed by atoms with Crippen LogP contribution in [-0.4, -0.2) is 24.5 Å².